The van der Waals surface area contributed by atoms with Gasteiger partial charge in [-0.3, -0.25) is 4.90 Å². The molecule has 0 unspecified atom stereocenters. The third-order valence-electron chi connectivity index (χ3n) is 3.29. The number of nitrogens with zero attached hydrogens (tertiary/aromatic N) is 2. The van der Waals surface area contributed by atoms with Crippen molar-refractivity contribution in [2.45, 2.75) is 6.42 Å². The first kappa shape index (κ1) is 15.7. The summed E-state index contributed by atoms with van der Waals surface area (Å²) in [5.41, 5.74) is 1.45. The molecule has 112 valence electrons. The first-order valence-electron chi connectivity index (χ1n) is 7.13. The zero-order valence-electron chi connectivity index (χ0n) is 12.0. The first-order chi connectivity index (χ1) is 10.3. The topological polar surface area (TPSA) is 60.3 Å². The third-order valence-corrected chi connectivity index (χ3v) is 3.54. The van der Waals surface area contributed by atoms with Gasteiger partial charge in [0.2, 0.25) is 0 Å². The molecule has 1 aromatic rings. The van der Waals surface area contributed by atoms with E-state index in [0.717, 1.165) is 51.5 Å². The molecule has 0 spiro atoms. The van der Waals surface area contributed by atoms with Gasteiger partial charge in [0.1, 0.15) is 0 Å². The van der Waals surface area contributed by atoms with Crippen LogP contribution in [-0.2, 0) is 4.74 Å². The molecule has 1 saturated heterocycles. The van der Waals surface area contributed by atoms with E-state index >= 15 is 0 Å². The first-order valence-corrected chi connectivity index (χ1v) is 7.54. The SMILES string of the molecule is N#Cc1cccc(NC(=S)NCCCN2CCOCC2)c1. The monoisotopic (exact) mass is 304 g/mol. The Balaban J connectivity index is 1.64. The fraction of sp³-hybridized carbons (Fsp3) is 0.467. The van der Waals surface area contributed by atoms with Crippen LogP contribution in [0.25, 0.3) is 0 Å². The minimum absolute atomic E-state index is 0.590. The molecule has 21 heavy (non-hydrogen) atoms. The summed E-state index contributed by atoms with van der Waals surface area (Å²) >= 11 is 5.25. The second-order valence-corrected chi connectivity index (χ2v) is 5.29. The van der Waals surface area contributed by atoms with E-state index in [2.05, 4.69) is 21.6 Å². The summed E-state index contributed by atoms with van der Waals surface area (Å²) in [6.45, 7) is 5.60. The Morgan fingerprint density at radius 3 is 2.95 bits per heavy atom. The van der Waals surface area contributed by atoms with E-state index in [1.165, 1.54) is 0 Å². The molecule has 0 radical (unpaired) electrons. The van der Waals surface area contributed by atoms with Crippen molar-refractivity contribution in [2.24, 2.45) is 0 Å². The maximum atomic E-state index is 8.85. The molecule has 1 aliphatic heterocycles. The fourth-order valence-corrected chi connectivity index (χ4v) is 2.39. The molecule has 1 aromatic carbocycles. The molecule has 1 aliphatic rings. The van der Waals surface area contributed by atoms with E-state index < -0.39 is 0 Å². The molecule has 0 aromatic heterocycles. The molecule has 2 rings (SSSR count). The Hall–Kier alpha value is -1.68. The summed E-state index contributed by atoms with van der Waals surface area (Å²) in [6.07, 6.45) is 1.04. The zero-order chi connectivity index (χ0) is 14.9. The lowest BCUT2D eigenvalue weighted by molar-refractivity contribution is 0.0376. The highest BCUT2D eigenvalue weighted by atomic mass is 32.1. The van der Waals surface area contributed by atoms with Crippen LogP contribution in [0.15, 0.2) is 24.3 Å². The van der Waals surface area contributed by atoms with Crippen LogP contribution in [0.4, 0.5) is 5.69 Å². The summed E-state index contributed by atoms with van der Waals surface area (Å²) in [5, 5.41) is 15.7. The van der Waals surface area contributed by atoms with Crippen molar-refractivity contribution in [3.05, 3.63) is 29.8 Å². The van der Waals surface area contributed by atoms with E-state index in [0.29, 0.717) is 10.7 Å². The molecule has 1 fully saturated rings. The molecule has 6 heteroatoms. The lowest BCUT2D eigenvalue weighted by atomic mass is 10.2. The van der Waals surface area contributed by atoms with E-state index in [1.807, 2.05) is 12.1 Å². The maximum Gasteiger partial charge on any atom is 0.170 e. The van der Waals surface area contributed by atoms with Crippen LogP contribution in [0, 0.1) is 11.3 Å². The van der Waals surface area contributed by atoms with Crippen molar-refractivity contribution in [1.82, 2.24) is 10.2 Å². The molecular weight excluding hydrogens is 284 g/mol. The highest BCUT2D eigenvalue weighted by Crippen LogP contribution is 2.09. The minimum atomic E-state index is 0.590. The molecule has 1 heterocycles. The van der Waals surface area contributed by atoms with Crippen LogP contribution in [-0.4, -0.2) is 49.4 Å². The minimum Gasteiger partial charge on any atom is -0.379 e. The van der Waals surface area contributed by atoms with Gasteiger partial charge < -0.3 is 15.4 Å². The molecule has 0 saturated carbocycles. The van der Waals surface area contributed by atoms with Crippen LogP contribution >= 0.6 is 12.2 Å². The summed E-state index contributed by atoms with van der Waals surface area (Å²) < 4.78 is 5.32. The Bertz CT molecular complexity index is 509. The normalized spacial score (nSPS) is 15.2. The number of morpholine rings is 1. The van der Waals surface area contributed by atoms with Crippen LogP contribution in [0.1, 0.15) is 12.0 Å². The van der Waals surface area contributed by atoms with Crippen molar-refractivity contribution >= 4 is 23.0 Å². The summed E-state index contributed by atoms with van der Waals surface area (Å²) in [6, 6.07) is 9.38. The van der Waals surface area contributed by atoms with E-state index in [1.54, 1.807) is 12.1 Å². The van der Waals surface area contributed by atoms with Crippen LogP contribution in [0.5, 0.6) is 0 Å². The number of nitriles is 1. The second-order valence-electron chi connectivity index (χ2n) is 4.88. The Labute approximate surface area is 130 Å². The molecule has 0 aliphatic carbocycles. The van der Waals surface area contributed by atoms with Crippen LogP contribution in [0.2, 0.25) is 0 Å². The van der Waals surface area contributed by atoms with Gasteiger partial charge in [-0.05, 0) is 43.4 Å². The van der Waals surface area contributed by atoms with Crippen molar-refractivity contribution in [3.63, 3.8) is 0 Å². The highest BCUT2D eigenvalue weighted by molar-refractivity contribution is 7.80. The number of benzene rings is 1. The number of thiocarbonyl (C=S) groups is 1. The van der Waals surface area contributed by atoms with E-state index in [-0.39, 0.29) is 0 Å². The average molecular weight is 304 g/mol. The van der Waals surface area contributed by atoms with Crippen molar-refractivity contribution in [3.8, 4) is 6.07 Å². The number of rotatable bonds is 5. The largest absolute Gasteiger partial charge is 0.379 e. The Morgan fingerprint density at radius 2 is 2.19 bits per heavy atom. The number of anilines is 1. The fourth-order valence-electron chi connectivity index (χ4n) is 2.17. The van der Waals surface area contributed by atoms with Crippen molar-refractivity contribution in [1.29, 1.82) is 5.26 Å². The third kappa shape index (κ3) is 5.68. The Kier molecular flexibility index (Phi) is 6.41. The summed E-state index contributed by atoms with van der Waals surface area (Å²) in [5.74, 6) is 0. The predicted molar refractivity (Wildman–Crippen MR) is 87.3 cm³/mol. The molecule has 0 bridgehead atoms. The molecule has 0 amide bonds. The smallest absolute Gasteiger partial charge is 0.170 e. The van der Waals surface area contributed by atoms with Gasteiger partial charge in [-0.2, -0.15) is 5.26 Å². The lowest BCUT2D eigenvalue weighted by Crippen LogP contribution is -2.38. The van der Waals surface area contributed by atoms with E-state index in [4.69, 9.17) is 22.2 Å². The van der Waals surface area contributed by atoms with Crippen molar-refractivity contribution in [2.75, 3.05) is 44.7 Å². The number of hydrogen-bond donors (Lipinski definition) is 2. The van der Waals surface area contributed by atoms with Gasteiger partial charge >= 0.3 is 0 Å². The average Bonchev–Trinajstić information content (AvgIpc) is 2.53. The van der Waals surface area contributed by atoms with Gasteiger partial charge in [0.15, 0.2) is 5.11 Å². The molecule has 5 nitrogen and oxygen atoms in total. The Morgan fingerprint density at radius 1 is 1.38 bits per heavy atom. The van der Waals surface area contributed by atoms with Crippen LogP contribution < -0.4 is 10.6 Å². The molecule has 2 N–H and O–H groups in total. The predicted octanol–water partition coefficient (Wildman–Crippen LogP) is 1.57. The number of hydrogen-bond acceptors (Lipinski definition) is 4. The second kappa shape index (κ2) is 8.57. The van der Waals surface area contributed by atoms with E-state index in [9.17, 15) is 0 Å². The quantitative estimate of drug-likeness (QED) is 0.636. The number of ether oxygens (including phenoxy) is 1. The highest BCUT2D eigenvalue weighted by Gasteiger charge is 2.09. The van der Waals surface area contributed by atoms with Gasteiger partial charge in [0, 0.05) is 25.3 Å². The molecular formula is C15H20N4OS. The van der Waals surface area contributed by atoms with Gasteiger partial charge in [0.25, 0.3) is 0 Å². The summed E-state index contributed by atoms with van der Waals surface area (Å²) in [7, 11) is 0. The van der Waals surface area contributed by atoms with Gasteiger partial charge in [-0.1, -0.05) is 6.07 Å². The number of nitrogens with one attached hydrogen (secondary N) is 2. The van der Waals surface area contributed by atoms with Gasteiger partial charge in [0.05, 0.1) is 24.8 Å². The lowest BCUT2D eigenvalue weighted by Gasteiger charge is -2.26. The maximum absolute atomic E-state index is 8.85. The van der Waals surface area contributed by atoms with Crippen LogP contribution in [0.3, 0.4) is 0 Å². The van der Waals surface area contributed by atoms with Gasteiger partial charge in [-0.25, -0.2) is 0 Å². The van der Waals surface area contributed by atoms with Gasteiger partial charge in [-0.15, -0.1) is 0 Å². The summed E-state index contributed by atoms with van der Waals surface area (Å²) in [4.78, 5) is 2.40. The van der Waals surface area contributed by atoms with Crippen molar-refractivity contribution < 1.29 is 4.74 Å². The standard InChI is InChI=1S/C15H20N4OS/c16-12-13-3-1-4-14(11-13)18-15(21)17-5-2-6-19-7-9-20-10-8-19/h1,3-4,11H,2,5-10H2,(H2,17,18,21). The zero-order valence-corrected chi connectivity index (χ0v) is 12.8. The molecule has 0 atom stereocenters.